The number of nitrogens with zero attached hydrogens (tertiary/aromatic N) is 1. The molecular formula is C14H27N3O. The summed E-state index contributed by atoms with van der Waals surface area (Å²) >= 11 is 0. The van der Waals surface area contributed by atoms with Crippen LogP contribution in [0, 0.1) is 0 Å². The molecule has 1 aliphatic carbocycles. The molecule has 0 amide bonds. The molecule has 1 aliphatic heterocycles. The molecule has 104 valence electrons. The van der Waals surface area contributed by atoms with Crippen molar-refractivity contribution in [2.75, 3.05) is 19.7 Å². The number of hydrogen-bond acceptors (Lipinski definition) is 2. The SMILES string of the molecule is CCNC(=NCCC1CCCO1)NC1CCCC1. The van der Waals surface area contributed by atoms with Gasteiger partial charge in [0.05, 0.1) is 6.10 Å². The van der Waals surface area contributed by atoms with Crippen molar-refractivity contribution in [2.24, 2.45) is 4.99 Å². The lowest BCUT2D eigenvalue weighted by molar-refractivity contribution is 0.106. The fraction of sp³-hybridized carbons (Fsp3) is 0.929. The zero-order chi connectivity index (χ0) is 12.6. The smallest absolute Gasteiger partial charge is 0.191 e. The van der Waals surface area contributed by atoms with Crippen LogP contribution in [0.5, 0.6) is 0 Å². The highest BCUT2D eigenvalue weighted by Crippen LogP contribution is 2.17. The van der Waals surface area contributed by atoms with Crippen molar-refractivity contribution < 1.29 is 4.74 Å². The molecule has 2 aliphatic rings. The highest BCUT2D eigenvalue weighted by molar-refractivity contribution is 5.80. The zero-order valence-corrected chi connectivity index (χ0v) is 11.6. The monoisotopic (exact) mass is 253 g/mol. The van der Waals surface area contributed by atoms with Crippen LogP contribution in [0.1, 0.15) is 51.9 Å². The first-order valence-electron chi connectivity index (χ1n) is 7.55. The van der Waals surface area contributed by atoms with E-state index in [1.165, 1.54) is 38.5 Å². The van der Waals surface area contributed by atoms with E-state index in [2.05, 4.69) is 22.5 Å². The summed E-state index contributed by atoms with van der Waals surface area (Å²) in [4.78, 5) is 4.65. The van der Waals surface area contributed by atoms with Gasteiger partial charge in [0, 0.05) is 25.7 Å². The van der Waals surface area contributed by atoms with E-state index in [9.17, 15) is 0 Å². The van der Waals surface area contributed by atoms with Crippen LogP contribution in [0.3, 0.4) is 0 Å². The van der Waals surface area contributed by atoms with Crippen LogP contribution < -0.4 is 10.6 Å². The minimum atomic E-state index is 0.447. The van der Waals surface area contributed by atoms with Crippen LogP contribution >= 0.6 is 0 Å². The Morgan fingerprint density at radius 1 is 1.22 bits per heavy atom. The van der Waals surface area contributed by atoms with Crippen LogP contribution in [0.2, 0.25) is 0 Å². The molecule has 1 saturated carbocycles. The fourth-order valence-corrected chi connectivity index (χ4v) is 2.78. The van der Waals surface area contributed by atoms with Gasteiger partial charge in [-0.3, -0.25) is 4.99 Å². The quantitative estimate of drug-likeness (QED) is 0.582. The van der Waals surface area contributed by atoms with Gasteiger partial charge in [-0.2, -0.15) is 0 Å². The summed E-state index contributed by atoms with van der Waals surface area (Å²) in [5.41, 5.74) is 0. The van der Waals surface area contributed by atoms with Crippen LogP contribution in [0.15, 0.2) is 4.99 Å². The minimum Gasteiger partial charge on any atom is -0.378 e. The second-order valence-corrected chi connectivity index (χ2v) is 5.31. The first-order chi connectivity index (χ1) is 8.88. The van der Waals surface area contributed by atoms with E-state index in [1.807, 2.05) is 0 Å². The van der Waals surface area contributed by atoms with Gasteiger partial charge < -0.3 is 15.4 Å². The summed E-state index contributed by atoms with van der Waals surface area (Å²) < 4.78 is 5.62. The average Bonchev–Trinajstić information content (AvgIpc) is 3.02. The number of hydrogen-bond donors (Lipinski definition) is 2. The molecule has 0 radical (unpaired) electrons. The number of nitrogens with one attached hydrogen (secondary N) is 2. The Labute approximate surface area is 111 Å². The van der Waals surface area contributed by atoms with Crippen LogP contribution in [0.25, 0.3) is 0 Å². The van der Waals surface area contributed by atoms with Gasteiger partial charge in [0.2, 0.25) is 0 Å². The molecule has 0 aromatic heterocycles. The molecule has 0 spiro atoms. The van der Waals surface area contributed by atoms with Gasteiger partial charge in [-0.25, -0.2) is 0 Å². The van der Waals surface area contributed by atoms with Crippen LogP contribution in [-0.2, 0) is 4.74 Å². The molecular weight excluding hydrogens is 226 g/mol. The highest BCUT2D eigenvalue weighted by Gasteiger charge is 2.17. The average molecular weight is 253 g/mol. The molecule has 1 atom stereocenters. The maximum absolute atomic E-state index is 5.62. The van der Waals surface area contributed by atoms with Crippen molar-refractivity contribution in [1.29, 1.82) is 0 Å². The summed E-state index contributed by atoms with van der Waals surface area (Å²) in [6.07, 6.45) is 9.22. The first-order valence-corrected chi connectivity index (χ1v) is 7.55. The van der Waals surface area contributed by atoms with Gasteiger partial charge in [0.1, 0.15) is 0 Å². The number of rotatable bonds is 5. The Hall–Kier alpha value is -0.770. The predicted octanol–water partition coefficient (Wildman–Crippen LogP) is 2.05. The van der Waals surface area contributed by atoms with E-state index in [4.69, 9.17) is 4.74 Å². The summed E-state index contributed by atoms with van der Waals surface area (Å²) in [6, 6.07) is 0.630. The molecule has 1 saturated heterocycles. The summed E-state index contributed by atoms with van der Waals surface area (Å²) in [5.74, 6) is 0.988. The molecule has 1 unspecified atom stereocenters. The standard InChI is InChI=1S/C14H27N3O/c1-2-15-14(17-12-6-3-4-7-12)16-10-9-13-8-5-11-18-13/h12-13H,2-11H2,1H3,(H2,15,16,17). The lowest BCUT2D eigenvalue weighted by atomic mass is 10.2. The van der Waals surface area contributed by atoms with Crippen LogP contribution in [-0.4, -0.2) is 37.8 Å². The number of ether oxygens (including phenoxy) is 1. The van der Waals surface area contributed by atoms with Gasteiger partial charge in [0.15, 0.2) is 5.96 Å². The molecule has 2 N–H and O–H groups in total. The minimum absolute atomic E-state index is 0.447. The summed E-state index contributed by atoms with van der Waals surface area (Å²) in [5, 5.41) is 6.87. The number of aliphatic imine (C=N–C) groups is 1. The predicted molar refractivity (Wildman–Crippen MR) is 75.0 cm³/mol. The molecule has 0 aromatic carbocycles. The van der Waals surface area contributed by atoms with E-state index in [0.717, 1.165) is 32.1 Å². The van der Waals surface area contributed by atoms with E-state index >= 15 is 0 Å². The first kappa shape index (κ1) is 13.7. The Kier molecular flexibility index (Phi) is 5.78. The largest absolute Gasteiger partial charge is 0.378 e. The highest BCUT2D eigenvalue weighted by atomic mass is 16.5. The van der Waals surface area contributed by atoms with Crippen molar-refractivity contribution >= 4 is 5.96 Å². The lowest BCUT2D eigenvalue weighted by Gasteiger charge is -2.17. The second kappa shape index (κ2) is 7.62. The maximum Gasteiger partial charge on any atom is 0.191 e. The third-order valence-corrected chi connectivity index (χ3v) is 3.79. The van der Waals surface area contributed by atoms with Crippen molar-refractivity contribution in [3.05, 3.63) is 0 Å². The Morgan fingerprint density at radius 3 is 2.72 bits per heavy atom. The molecule has 1 heterocycles. The topological polar surface area (TPSA) is 45.7 Å². The third-order valence-electron chi connectivity index (χ3n) is 3.79. The van der Waals surface area contributed by atoms with E-state index in [1.54, 1.807) is 0 Å². The maximum atomic E-state index is 5.62. The van der Waals surface area contributed by atoms with Crippen molar-refractivity contribution in [3.8, 4) is 0 Å². The molecule has 18 heavy (non-hydrogen) atoms. The van der Waals surface area contributed by atoms with Gasteiger partial charge in [-0.05, 0) is 39.0 Å². The Morgan fingerprint density at radius 2 is 2.06 bits per heavy atom. The van der Waals surface area contributed by atoms with E-state index in [-0.39, 0.29) is 0 Å². The van der Waals surface area contributed by atoms with E-state index < -0.39 is 0 Å². The van der Waals surface area contributed by atoms with Crippen molar-refractivity contribution in [1.82, 2.24) is 10.6 Å². The lowest BCUT2D eigenvalue weighted by Crippen LogP contribution is -2.42. The second-order valence-electron chi connectivity index (χ2n) is 5.31. The molecule has 0 bridgehead atoms. The van der Waals surface area contributed by atoms with Gasteiger partial charge in [-0.1, -0.05) is 12.8 Å². The molecule has 2 rings (SSSR count). The van der Waals surface area contributed by atoms with Crippen molar-refractivity contribution in [2.45, 2.75) is 64.0 Å². The summed E-state index contributed by atoms with van der Waals surface area (Å²) in [7, 11) is 0. The Balaban J connectivity index is 1.71. The van der Waals surface area contributed by atoms with Crippen molar-refractivity contribution in [3.63, 3.8) is 0 Å². The van der Waals surface area contributed by atoms with Crippen LogP contribution in [0.4, 0.5) is 0 Å². The van der Waals surface area contributed by atoms with Gasteiger partial charge in [-0.15, -0.1) is 0 Å². The molecule has 2 fully saturated rings. The third kappa shape index (κ3) is 4.48. The molecule has 4 heteroatoms. The fourth-order valence-electron chi connectivity index (χ4n) is 2.78. The molecule has 0 aromatic rings. The van der Waals surface area contributed by atoms with Gasteiger partial charge >= 0.3 is 0 Å². The Bertz CT molecular complexity index is 256. The number of guanidine groups is 1. The molecule has 4 nitrogen and oxygen atoms in total. The summed E-state index contributed by atoms with van der Waals surface area (Å²) in [6.45, 7) is 4.85. The normalized spacial score (nSPS) is 25.6. The zero-order valence-electron chi connectivity index (χ0n) is 11.6. The van der Waals surface area contributed by atoms with E-state index in [0.29, 0.717) is 12.1 Å². The van der Waals surface area contributed by atoms with Gasteiger partial charge in [0.25, 0.3) is 0 Å².